The van der Waals surface area contributed by atoms with Crippen LogP contribution in [0.5, 0.6) is 0 Å². The number of hydrogen-bond acceptors (Lipinski definition) is 2. The van der Waals surface area contributed by atoms with Crippen molar-refractivity contribution in [2.45, 2.75) is 12.5 Å². The molecule has 0 aromatic rings. The minimum atomic E-state index is -0.991. The molecule has 0 fully saturated rings. The van der Waals surface area contributed by atoms with Gasteiger partial charge in [-0.2, -0.15) is 6.42 Å². The van der Waals surface area contributed by atoms with Crippen LogP contribution < -0.4 is 5.73 Å². The van der Waals surface area contributed by atoms with E-state index < -0.39 is 12.0 Å². The second-order valence-electron chi connectivity index (χ2n) is 1.23. The molecule has 0 saturated heterocycles. The Labute approximate surface area is 73.5 Å². The van der Waals surface area contributed by atoms with Gasteiger partial charge in [0.15, 0.2) is 0 Å². The molecule has 3 nitrogen and oxygen atoms in total. The number of carboxylic acid groups (broad SMARTS) is 1. The van der Waals surface area contributed by atoms with E-state index in [2.05, 4.69) is 6.92 Å². The summed E-state index contributed by atoms with van der Waals surface area (Å²) in [5, 5.41) is 8.02. The van der Waals surface area contributed by atoms with Gasteiger partial charge >= 0.3 is 38.7 Å². The zero-order valence-electron chi connectivity index (χ0n) is 4.50. The van der Waals surface area contributed by atoms with E-state index in [0.717, 1.165) is 0 Å². The summed E-state index contributed by atoms with van der Waals surface area (Å²) in [7, 11) is 0. The number of hydrogen-bond donors (Lipinski definition) is 2. The predicted molar refractivity (Wildman–Crippen MR) is 25.6 cm³/mol. The first-order chi connectivity index (χ1) is 3.18. The SMILES string of the molecule is [CH2-]CC(N)C(=O)O.[Y+3]. The second-order valence-corrected chi connectivity index (χ2v) is 1.23. The largest absolute Gasteiger partial charge is 3.00 e. The third-order valence-corrected chi connectivity index (χ3v) is 0.628. The fraction of sp³-hybridized carbons (Fsp3) is 0.500. The topological polar surface area (TPSA) is 63.3 Å². The zero-order chi connectivity index (χ0) is 5.86. The Morgan fingerprint density at radius 2 is 2.25 bits per heavy atom. The minimum absolute atomic E-state index is 0. The minimum Gasteiger partial charge on any atom is -0.480 e. The molecule has 0 saturated carbocycles. The molecule has 0 amide bonds. The van der Waals surface area contributed by atoms with Crippen molar-refractivity contribution in [1.29, 1.82) is 0 Å². The number of rotatable bonds is 2. The van der Waals surface area contributed by atoms with Gasteiger partial charge < -0.3 is 17.8 Å². The van der Waals surface area contributed by atoms with Gasteiger partial charge in [-0.25, -0.2) is 0 Å². The summed E-state index contributed by atoms with van der Waals surface area (Å²) in [6.07, 6.45) is 0.245. The van der Waals surface area contributed by atoms with Crippen LogP contribution in [0, 0.1) is 6.92 Å². The van der Waals surface area contributed by atoms with E-state index in [9.17, 15) is 4.79 Å². The maximum absolute atomic E-state index is 9.77. The molecule has 0 aliphatic carbocycles. The van der Waals surface area contributed by atoms with Gasteiger partial charge in [-0.1, -0.05) is 0 Å². The summed E-state index contributed by atoms with van der Waals surface area (Å²) in [5.74, 6) is -0.991. The first-order valence-electron chi connectivity index (χ1n) is 1.96. The molecule has 0 heterocycles. The summed E-state index contributed by atoms with van der Waals surface area (Å²) in [5.41, 5.74) is 4.95. The monoisotopic (exact) mass is 191 g/mol. The molecular weight excluding hydrogens is 183 g/mol. The quantitative estimate of drug-likeness (QED) is 0.584. The number of carboxylic acids is 1. The Hall–Kier alpha value is 0.534. The predicted octanol–water partition coefficient (Wildman–Crippen LogP) is -0.380. The molecule has 0 aromatic heterocycles. The maximum Gasteiger partial charge on any atom is 3.00 e. The number of nitrogens with two attached hydrogens (primary N) is 1. The van der Waals surface area contributed by atoms with E-state index in [0.29, 0.717) is 0 Å². The molecule has 3 N–H and O–H groups in total. The molecule has 0 aliphatic rings. The van der Waals surface area contributed by atoms with Crippen molar-refractivity contribution in [3.8, 4) is 0 Å². The summed E-state index contributed by atoms with van der Waals surface area (Å²) in [4.78, 5) is 9.77. The van der Waals surface area contributed by atoms with Crippen LogP contribution in [0.15, 0.2) is 0 Å². The van der Waals surface area contributed by atoms with Crippen molar-refractivity contribution in [3.05, 3.63) is 6.92 Å². The summed E-state index contributed by atoms with van der Waals surface area (Å²) in [6, 6.07) is -0.792. The Kier molecular flexibility index (Phi) is 8.04. The van der Waals surface area contributed by atoms with Crippen molar-refractivity contribution in [2.24, 2.45) is 5.73 Å². The molecule has 42 valence electrons. The molecule has 1 atom stereocenters. The van der Waals surface area contributed by atoms with E-state index in [1.807, 2.05) is 0 Å². The van der Waals surface area contributed by atoms with Crippen LogP contribution in [0.25, 0.3) is 0 Å². The van der Waals surface area contributed by atoms with Crippen LogP contribution >= 0.6 is 0 Å². The second kappa shape index (κ2) is 5.67. The van der Waals surface area contributed by atoms with Crippen molar-refractivity contribution in [2.75, 3.05) is 0 Å². The fourth-order valence-corrected chi connectivity index (χ4v) is 0.123. The molecule has 8 heavy (non-hydrogen) atoms. The first-order valence-corrected chi connectivity index (χ1v) is 1.96. The molecule has 0 aliphatic heterocycles. The van der Waals surface area contributed by atoms with Crippen LogP contribution in [0.3, 0.4) is 0 Å². The van der Waals surface area contributed by atoms with Crippen LogP contribution in [-0.2, 0) is 37.5 Å². The van der Waals surface area contributed by atoms with Crippen molar-refractivity contribution < 1.29 is 42.6 Å². The molecule has 1 unspecified atom stereocenters. The maximum atomic E-state index is 9.77. The fourth-order valence-electron chi connectivity index (χ4n) is 0.123. The standard InChI is InChI=1S/C4H8NO2.Y/c1-2-3(5)4(6)7;/h3H,1-2,5H2,(H,6,7);/q-1;+3. The van der Waals surface area contributed by atoms with Gasteiger partial charge in [-0.3, -0.25) is 4.79 Å². The third-order valence-electron chi connectivity index (χ3n) is 0.628. The smallest absolute Gasteiger partial charge is 0.480 e. The Balaban J connectivity index is 0. The summed E-state index contributed by atoms with van der Waals surface area (Å²) in [6.45, 7) is 3.30. The van der Waals surface area contributed by atoms with Gasteiger partial charge in [0.1, 0.15) is 0 Å². The van der Waals surface area contributed by atoms with Crippen LogP contribution in [0.1, 0.15) is 6.42 Å². The molecule has 0 rings (SSSR count). The van der Waals surface area contributed by atoms with E-state index in [4.69, 9.17) is 10.8 Å². The Morgan fingerprint density at radius 1 is 1.88 bits per heavy atom. The van der Waals surface area contributed by atoms with Gasteiger partial charge in [0.05, 0.1) is 6.04 Å². The summed E-state index contributed by atoms with van der Waals surface area (Å²) < 4.78 is 0. The molecule has 0 spiro atoms. The molecular formula is C4H8NO2Y+2. The molecule has 4 heteroatoms. The zero-order valence-corrected chi connectivity index (χ0v) is 7.34. The van der Waals surface area contributed by atoms with E-state index in [1.54, 1.807) is 0 Å². The average Bonchev–Trinajstić information content (AvgIpc) is 1.65. The third kappa shape index (κ3) is 4.69. The molecule has 0 aromatic carbocycles. The van der Waals surface area contributed by atoms with Crippen molar-refractivity contribution >= 4 is 5.97 Å². The number of carbonyl (C=O) groups is 1. The molecule has 0 radical (unpaired) electrons. The molecule has 0 bridgehead atoms. The normalized spacial score (nSPS) is 11.8. The van der Waals surface area contributed by atoms with Gasteiger partial charge in [-0.05, 0) is 0 Å². The van der Waals surface area contributed by atoms with Gasteiger partial charge in [0, 0.05) is 0 Å². The van der Waals surface area contributed by atoms with Gasteiger partial charge in [0.25, 0.3) is 0 Å². The number of aliphatic carboxylic acids is 1. The van der Waals surface area contributed by atoms with E-state index in [1.165, 1.54) is 0 Å². The average molecular weight is 191 g/mol. The van der Waals surface area contributed by atoms with Gasteiger partial charge in [-0.15, -0.1) is 0 Å². The Morgan fingerprint density at radius 3 is 2.25 bits per heavy atom. The first kappa shape index (κ1) is 11.3. The van der Waals surface area contributed by atoms with Crippen LogP contribution in [0.2, 0.25) is 0 Å². The van der Waals surface area contributed by atoms with Crippen LogP contribution in [0.4, 0.5) is 0 Å². The summed E-state index contributed by atoms with van der Waals surface area (Å²) >= 11 is 0. The van der Waals surface area contributed by atoms with Crippen molar-refractivity contribution in [1.82, 2.24) is 0 Å². The van der Waals surface area contributed by atoms with Crippen LogP contribution in [-0.4, -0.2) is 17.1 Å². The van der Waals surface area contributed by atoms with Crippen molar-refractivity contribution in [3.63, 3.8) is 0 Å². The van der Waals surface area contributed by atoms with E-state index >= 15 is 0 Å². The Bertz CT molecular complexity index is 76.4. The van der Waals surface area contributed by atoms with E-state index in [-0.39, 0.29) is 39.1 Å². The van der Waals surface area contributed by atoms with Gasteiger partial charge in [0.2, 0.25) is 0 Å².